The lowest BCUT2D eigenvalue weighted by molar-refractivity contribution is -0.137. The first-order valence-corrected chi connectivity index (χ1v) is 8.18. The topological polar surface area (TPSA) is 119 Å². The first kappa shape index (κ1) is 18.6. The molecule has 0 aliphatic carbocycles. The molecule has 0 spiro atoms. The minimum atomic E-state index is -1.56. The number of rotatable bonds is 7. The van der Waals surface area contributed by atoms with Crippen molar-refractivity contribution in [1.29, 1.82) is 0 Å². The maximum atomic E-state index is 12.3. The zero-order valence-corrected chi connectivity index (χ0v) is 14.2. The molecule has 2 amide bonds. The van der Waals surface area contributed by atoms with Gasteiger partial charge in [0.05, 0.1) is 18.8 Å². The van der Waals surface area contributed by atoms with Gasteiger partial charge in [0, 0.05) is 6.08 Å². The number of anilines is 1. The summed E-state index contributed by atoms with van der Waals surface area (Å²) in [4.78, 5) is 25.0. The minimum absolute atomic E-state index is 0.0689. The van der Waals surface area contributed by atoms with Crippen LogP contribution in [-0.2, 0) is 9.59 Å². The van der Waals surface area contributed by atoms with Gasteiger partial charge in [0.1, 0.15) is 11.4 Å². The quantitative estimate of drug-likeness (QED) is 0.395. The van der Waals surface area contributed by atoms with E-state index in [2.05, 4.69) is 5.32 Å². The van der Waals surface area contributed by atoms with Crippen LogP contribution in [-0.4, -0.2) is 52.1 Å². The second-order valence-corrected chi connectivity index (χ2v) is 5.74. The fraction of sp³-hybridized carbons (Fsp3) is 0.111. The summed E-state index contributed by atoms with van der Waals surface area (Å²) in [5.74, 6) is -0.145. The van der Waals surface area contributed by atoms with Gasteiger partial charge in [-0.05, 0) is 29.7 Å². The Morgan fingerprint density at radius 2 is 1.74 bits per heavy atom. The van der Waals surface area contributed by atoms with Crippen LogP contribution in [0.1, 0.15) is 0 Å². The van der Waals surface area contributed by atoms with Gasteiger partial charge in [-0.15, -0.1) is 0 Å². The number of carbonyl (C=O) groups is 2. The molecule has 27 heavy (non-hydrogen) atoms. The predicted molar refractivity (Wildman–Crippen MR) is 98.3 cm³/mol. The third kappa shape index (κ3) is 4.17. The Morgan fingerprint density at radius 1 is 1.04 bits per heavy atom. The van der Waals surface area contributed by atoms with Crippen LogP contribution in [0.15, 0.2) is 60.3 Å². The number of imide groups is 1. The SMILES string of the molecule is O=C1C=C(Nc2ccccc2Oc2ccc(B(O)O)cc2)C(=O)N1CCO. The van der Waals surface area contributed by atoms with Gasteiger partial charge in [0.25, 0.3) is 11.8 Å². The van der Waals surface area contributed by atoms with E-state index in [0.29, 0.717) is 22.6 Å². The molecule has 0 atom stereocenters. The number of nitrogens with one attached hydrogen (secondary N) is 1. The number of hydrogen-bond donors (Lipinski definition) is 4. The van der Waals surface area contributed by atoms with Crippen molar-refractivity contribution in [3.8, 4) is 11.5 Å². The van der Waals surface area contributed by atoms with Gasteiger partial charge in [0.15, 0.2) is 5.75 Å². The third-order valence-electron chi connectivity index (χ3n) is 3.90. The molecule has 9 heteroatoms. The van der Waals surface area contributed by atoms with Crippen LogP contribution >= 0.6 is 0 Å². The smallest absolute Gasteiger partial charge is 0.455 e. The summed E-state index contributed by atoms with van der Waals surface area (Å²) in [6, 6.07) is 13.1. The van der Waals surface area contributed by atoms with Crippen LogP contribution in [0.5, 0.6) is 11.5 Å². The Labute approximate surface area is 155 Å². The molecule has 0 saturated carbocycles. The van der Waals surface area contributed by atoms with Crippen LogP contribution in [0.3, 0.4) is 0 Å². The molecule has 8 nitrogen and oxygen atoms in total. The van der Waals surface area contributed by atoms with E-state index in [1.807, 2.05) is 0 Å². The average Bonchev–Trinajstić information content (AvgIpc) is 2.91. The Balaban J connectivity index is 1.78. The average molecular weight is 368 g/mol. The molecule has 3 rings (SSSR count). The molecule has 1 aliphatic rings. The van der Waals surface area contributed by atoms with E-state index in [1.54, 1.807) is 36.4 Å². The van der Waals surface area contributed by atoms with Gasteiger partial charge >= 0.3 is 7.12 Å². The number of aliphatic hydroxyl groups excluding tert-OH is 1. The van der Waals surface area contributed by atoms with Gasteiger partial charge in [0.2, 0.25) is 0 Å². The Morgan fingerprint density at radius 3 is 2.41 bits per heavy atom. The molecule has 0 bridgehead atoms. The fourth-order valence-electron chi connectivity index (χ4n) is 2.55. The van der Waals surface area contributed by atoms with Gasteiger partial charge in [-0.25, -0.2) is 0 Å². The largest absolute Gasteiger partial charge is 0.488 e. The highest BCUT2D eigenvalue weighted by Crippen LogP contribution is 2.30. The zero-order chi connectivity index (χ0) is 19.4. The Bertz CT molecular complexity index is 882. The second kappa shape index (κ2) is 8.04. The van der Waals surface area contributed by atoms with Crippen molar-refractivity contribution < 1.29 is 29.5 Å². The summed E-state index contributed by atoms with van der Waals surface area (Å²) in [7, 11) is -1.56. The molecule has 0 fully saturated rings. The summed E-state index contributed by atoms with van der Waals surface area (Å²) in [6.45, 7) is -0.378. The number of β-amino-alcohol motifs (C(OH)–C–C–N with tert-alkyl or cyclic N) is 1. The summed E-state index contributed by atoms with van der Waals surface area (Å²) in [5, 5.41) is 30.1. The molecule has 0 unspecified atom stereocenters. The molecule has 0 aromatic heterocycles. The summed E-state index contributed by atoms with van der Waals surface area (Å²) in [6.07, 6.45) is 1.17. The minimum Gasteiger partial charge on any atom is -0.455 e. The maximum Gasteiger partial charge on any atom is 0.488 e. The highest BCUT2D eigenvalue weighted by molar-refractivity contribution is 6.58. The van der Waals surface area contributed by atoms with Crippen molar-refractivity contribution in [1.82, 2.24) is 4.90 Å². The summed E-state index contributed by atoms with van der Waals surface area (Å²) >= 11 is 0. The van der Waals surface area contributed by atoms with Crippen LogP contribution in [0, 0.1) is 0 Å². The molecule has 2 aromatic rings. The first-order valence-electron chi connectivity index (χ1n) is 8.18. The van der Waals surface area contributed by atoms with Crippen molar-refractivity contribution in [3.63, 3.8) is 0 Å². The molecule has 4 N–H and O–H groups in total. The van der Waals surface area contributed by atoms with E-state index in [9.17, 15) is 9.59 Å². The number of benzene rings is 2. The van der Waals surface area contributed by atoms with Crippen LogP contribution in [0.4, 0.5) is 5.69 Å². The van der Waals surface area contributed by atoms with Gasteiger partial charge < -0.3 is 25.2 Å². The monoisotopic (exact) mass is 368 g/mol. The lowest BCUT2D eigenvalue weighted by atomic mass is 9.80. The van der Waals surface area contributed by atoms with Crippen LogP contribution in [0.2, 0.25) is 0 Å². The molecule has 1 aliphatic heterocycles. The second-order valence-electron chi connectivity index (χ2n) is 5.74. The first-order chi connectivity index (χ1) is 13.0. The number of nitrogens with zero attached hydrogens (tertiary/aromatic N) is 1. The lowest BCUT2D eigenvalue weighted by Gasteiger charge is -2.15. The van der Waals surface area contributed by atoms with Crippen LogP contribution < -0.4 is 15.5 Å². The number of aliphatic hydroxyl groups is 1. The zero-order valence-electron chi connectivity index (χ0n) is 14.2. The normalized spacial score (nSPS) is 13.6. The number of para-hydroxylation sites is 2. The van der Waals surface area contributed by atoms with Gasteiger partial charge in [-0.2, -0.15) is 0 Å². The van der Waals surface area contributed by atoms with Crippen molar-refractivity contribution in [3.05, 3.63) is 60.3 Å². The van der Waals surface area contributed by atoms with E-state index >= 15 is 0 Å². The van der Waals surface area contributed by atoms with E-state index in [4.69, 9.17) is 19.9 Å². The van der Waals surface area contributed by atoms with Crippen molar-refractivity contribution in [2.75, 3.05) is 18.5 Å². The standard InChI is InChI=1S/C18H17BN2O6/c22-10-9-21-17(23)11-15(18(21)24)20-14-3-1-2-4-16(14)27-13-7-5-12(6-8-13)19(25)26/h1-8,11,20,22,25-26H,9-10H2. The Hall–Kier alpha value is -3.14. The molecule has 0 radical (unpaired) electrons. The van der Waals surface area contributed by atoms with E-state index in [-0.39, 0.29) is 18.8 Å². The molecule has 1 heterocycles. The number of ether oxygens (including phenoxy) is 1. The molecule has 0 saturated heterocycles. The summed E-state index contributed by atoms with van der Waals surface area (Å²) < 4.78 is 5.79. The van der Waals surface area contributed by atoms with Gasteiger partial charge in [-0.3, -0.25) is 14.5 Å². The van der Waals surface area contributed by atoms with E-state index in [0.717, 1.165) is 4.90 Å². The third-order valence-corrected chi connectivity index (χ3v) is 3.90. The summed E-state index contributed by atoms with van der Waals surface area (Å²) in [5.41, 5.74) is 0.892. The van der Waals surface area contributed by atoms with Crippen molar-refractivity contribution in [2.45, 2.75) is 0 Å². The fourth-order valence-corrected chi connectivity index (χ4v) is 2.55. The van der Waals surface area contributed by atoms with E-state index < -0.39 is 18.9 Å². The van der Waals surface area contributed by atoms with Gasteiger partial charge in [-0.1, -0.05) is 24.3 Å². The molecular weight excluding hydrogens is 351 g/mol. The molecular formula is C18H17BN2O6. The van der Waals surface area contributed by atoms with Crippen molar-refractivity contribution in [2.24, 2.45) is 0 Å². The maximum absolute atomic E-state index is 12.3. The number of carbonyl (C=O) groups excluding carboxylic acids is 2. The highest BCUT2D eigenvalue weighted by atomic mass is 16.5. The highest BCUT2D eigenvalue weighted by Gasteiger charge is 2.31. The van der Waals surface area contributed by atoms with E-state index in [1.165, 1.54) is 18.2 Å². The molecule has 2 aromatic carbocycles. The predicted octanol–water partition coefficient (Wildman–Crippen LogP) is -0.184. The number of hydrogen-bond acceptors (Lipinski definition) is 7. The Kier molecular flexibility index (Phi) is 5.56. The van der Waals surface area contributed by atoms with Crippen LogP contribution in [0.25, 0.3) is 0 Å². The van der Waals surface area contributed by atoms with Crippen molar-refractivity contribution >= 4 is 30.1 Å². The number of amides is 2. The molecule has 138 valence electrons. The lowest BCUT2D eigenvalue weighted by Crippen LogP contribution is -2.34.